The third-order valence-electron chi connectivity index (χ3n) is 5.45. The molecule has 0 saturated heterocycles. The second-order valence-electron chi connectivity index (χ2n) is 6.68. The highest BCUT2D eigenvalue weighted by atomic mass is 127. The van der Waals surface area contributed by atoms with E-state index in [1.807, 2.05) is 48.5 Å². The molecule has 2 nitrogen and oxygen atoms in total. The Balaban J connectivity index is 2.19. The van der Waals surface area contributed by atoms with Crippen LogP contribution < -0.4 is 10.9 Å². The molecular formula is C22H8I2O2. The first-order valence-corrected chi connectivity index (χ1v) is 10.3. The molecule has 0 aromatic heterocycles. The second kappa shape index (κ2) is 4.92. The van der Waals surface area contributed by atoms with E-state index in [1.165, 1.54) is 0 Å². The van der Waals surface area contributed by atoms with Crippen molar-refractivity contribution in [2.45, 2.75) is 0 Å². The van der Waals surface area contributed by atoms with Gasteiger partial charge in [0.15, 0.2) is 10.9 Å². The molecule has 4 aromatic carbocycles. The Bertz CT molecular complexity index is 1470. The molecule has 0 heterocycles. The monoisotopic (exact) mass is 558 g/mol. The number of hydrogen-bond donors (Lipinski definition) is 0. The predicted molar refractivity (Wildman–Crippen MR) is 125 cm³/mol. The molecule has 2 aliphatic rings. The molecule has 0 radical (unpaired) electrons. The number of rotatable bonds is 0. The molecule has 4 aromatic rings. The Morgan fingerprint density at radius 2 is 0.923 bits per heavy atom. The van der Waals surface area contributed by atoms with Crippen LogP contribution in [0.3, 0.4) is 0 Å². The lowest BCUT2D eigenvalue weighted by atomic mass is 9.81. The molecule has 0 unspecified atom stereocenters. The molecule has 0 spiro atoms. The van der Waals surface area contributed by atoms with Crippen LogP contribution in [0.4, 0.5) is 0 Å². The van der Waals surface area contributed by atoms with Crippen molar-refractivity contribution in [1.82, 2.24) is 0 Å². The van der Waals surface area contributed by atoms with Crippen LogP contribution >= 0.6 is 45.2 Å². The highest BCUT2D eigenvalue weighted by Gasteiger charge is 2.26. The van der Waals surface area contributed by atoms with Crippen molar-refractivity contribution in [3.8, 4) is 11.1 Å². The van der Waals surface area contributed by atoms with E-state index < -0.39 is 0 Å². The van der Waals surface area contributed by atoms with E-state index in [0.29, 0.717) is 21.5 Å². The van der Waals surface area contributed by atoms with E-state index in [9.17, 15) is 9.59 Å². The van der Waals surface area contributed by atoms with Crippen LogP contribution in [0.1, 0.15) is 0 Å². The van der Waals surface area contributed by atoms with Crippen LogP contribution in [-0.4, -0.2) is 0 Å². The molecule has 0 amide bonds. The smallest absolute Gasteiger partial charge is 0.194 e. The van der Waals surface area contributed by atoms with Gasteiger partial charge in [0, 0.05) is 50.6 Å². The normalized spacial score (nSPS) is 12.5. The summed E-state index contributed by atoms with van der Waals surface area (Å²) in [7, 11) is 0. The first-order valence-electron chi connectivity index (χ1n) is 8.18. The fourth-order valence-electron chi connectivity index (χ4n) is 4.41. The van der Waals surface area contributed by atoms with Crippen molar-refractivity contribution in [1.29, 1.82) is 0 Å². The third-order valence-corrected chi connectivity index (χ3v) is 7.24. The SMILES string of the molecule is O=c1c2cc(I)c3cccc4c(=O)c5cc(I)c6cccc1c6c5-c2c34. The van der Waals surface area contributed by atoms with Gasteiger partial charge in [0.2, 0.25) is 0 Å². The Morgan fingerprint density at radius 1 is 0.538 bits per heavy atom. The van der Waals surface area contributed by atoms with Gasteiger partial charge in [-0.3, -0.25) is 9.59 Å². The highest BCUT2D eigenvalue weighted by molar-refractivity contribution is 14.1. The molecule has 122 valence electrons. The van der Waals surface area contributed by atoms with Crippen molar-refractivity contribution < 1.29 is 0 Å². The quantitative estimate of drug-likeness (QED) is 0.137. The maximum absolute atomic E-state index is 13.3. The van der Waals surface area contributed by atoms with Gasteiger partial charge in [0.25, 0.3) is 0 Å². The fourth-order valence-corrected chi connectivity index (χ4v) is 5.93. The van der Waals surface area contributed by atoms with Crippen molar-refractivity contribution in [2.24, 2.45) is 0 Å². The molecule has 2 aliphatic carbocycles. The summed E-state index contributed by atoms with van der Waals surface area (Å²) < 4.78 is 2.01. The highest BCUT2D eigenvalue weighted by Crippen LogP contribution is 2.46. The van der Waals surface area contributed by atoms with E-state index in [2.05, 4.69) is 45.2 Å². The first kappa shape index (κ1) is 15.3. The fraction of sp³-hybridized carbons (Fsp3) is 0. The summed E-state index contributed by atoms with van der Waals surface area (Å²) >= 11 is 4.53. The lowest BCUT2D eigenvalue weighted by Crippen LogP contribution is -2.14. The molecule has 4 heteroatoms. The standard InChI is InChI=1S/C22H8I2O2/c23-15-7-14-19-17-9(15)3-1-5-11(17)21(25)13-8-16(24)10-4-2-6-12(22(14)26)18(10)20(13)19/h1-8H. The summed E-state index contributed by atoms with van der Waals surface area (Å²) in [6.07, 6.45) is 0. The maximum atomic E-state index is 13.3. The summed E-state index contributed by atoms with van der Waals surface area (Å²) in [6, 6.07) is 15.6. The largest absolute Gasteiger partial charge is 0.289 e. The average molecular weight is 558 g/mol. The van der Waals surface area contributed by atoms with Gasteiger partial charge < -0.3 is 0 Å². The Kier molecular flexibility index (Phi) is 2.89. The Hall–Kier alpha value is -1.80. The number of benzene rings is 6. The van der Waals surface area contributed by atoms with Crippen molar-refractivity contribution in [3.05, 3.63) is 76.1 Å². The maximum Gasteiger partial charge on any atom is 0.194 e. The number of halogens is 2. The summed E-state index contributed by atoms with van der Waals surface area (Å²) in [5, 5.41) is 6.77. The summed E-state index contributed by atoms with van der Waals surface area (Å²) in [6.45, 7) is 0. The second-order valence-corrected chi connectivity index (χ2v) is 9.00. The molecule has 0 aliphatic heterocycles. The third kappa shape index (κ3) is 1.63. The molecule has 26 heavy (non-hydrogen) atoms. The van der Waals surface area contributed by atoms with Crippen LogP contribution in [-0.2, 0) is 0 Å². The summed E-state index contributed by atoms with van der Waals surface area (Å²) in [4.78, 5) is 26.6. The zero-order chi connectivity index (χ0) is 17.7. The van der Waals surface area contributed by atoms with E-state index in [4.69, 9.17) is 0 Å². The Labute approximate surface area is 174 Å². The minimum Gasteiger partial charge on any atom is -0.289 e. The molecule has 6 rings (SSSR count). The van der Waals surface area contributed by atoms with E-state index in [0.717, 1.165) is 39.8 Å². The zero-order valence-corrected chi connectivity index (χ0v) is 17.5. The topological polar surface area (TPSA) is 34.1 Å². The minimum absolute atomic E-state index is 0.0509. The predicted octanol–water partition coefficient (Wildman–Crippen LogP) is 5.65. The van der Waals surface area contributed by atoms with Gasteiger partial charge in [-0.25, -0.2) is 0 Å². The van der Waals surface area contributed by atoms with Gasteiger partial charge in [-0.15, -0.1) is 0 Å². The lowest BCUT2D eigenvalue weighted by molar-refractivity contribution is 1.62. The van der Waals surface area contributed by atoms with E-state index >= 15 is 0 Å². The summed E-state index contributed by atoms with van der Waals surface area (Å²) in [5.74, 6) is 0. The molecule has 0 N–H and O–H groups in total. The zero-order valence-electron chi connectivity index (χ0n) is 13.2. The molecule has 0 saturated carbocycles. The van der Waals surface area contributed by atoms with Crippen LogP contribution in [0.5, 0.6) is 0 Å². The van der Waals surface area contributed by atoms with Gasteiger partial charge >= 0.3 is 0 Å². The van der Waals surface area contributed by atoms with Crippen LogP contribution in [0.25, 0.3) is 54.2 Å². The molecule has 0 fully saturated rings. The molecular weight excluding hydrogens is 550 g/mol. The first-order chi connectivity index (χ1) is 12.6. The van der Waals surface area contributed by atoms with Gasteiger partial charge in [0.05, 0.1) is 0 Å². The van der Waals surface area contributed by atoms with Crippen molar-refractivity contribution in [2.75, 3.05) is 0 Å². The minimum atomic E-state index is 0.0509. The Morgan fingerprint density at radius 3 is 1.35 bits per heavy atom. The van der Waals surface area contributed by atoms with Crippen LogP contribution in [0.15, 0.2) is 58.1 Å². The van der Waals surface area contributed by atoms with E-state index in [1.54, 1.807) is 0 Å². The van der Waals surface area contributed by atoms with Gasteiger partial charge in [-0.2, -0.15) is 0 Å². The molecule has 0 bridgehead atoms. The average Bonchev–Trinajstić information content (AvgIpc) is 2.65. The lowest BCUT2D eigenvalue weighted by Gasteiger charge is -2.21. The van der Waals surface area contributed by atoms with Crippen LogP contribution in [0.2, 0.25) is 0 Å². The molecule has 0 atom stereocenters. The van der Waals surface area contributed by atoms with Gasteiger partial charge in [0.1, 0.15) is 0 Å². The van der Waals surface area contributed by atoms with Crippen molar-refractivity contribution in [3.63, 3.8) is 0 Å². The van der Waals surface area contributed by atoms with Gasteiger partial charge in [-0.1, -0.05) is 36.4 Å². The summed E-state index contributed by atoms with van der Waals surface area (Å²) in [5.41, 5.74) is 1.98. The van der Waals surface area contributed by atoms with Gasteiger partial charge in [-0.05, 0) is 68.1 Å². The number of hydrogen-bond acceptors (Lipinski definition) is 2. The van der Waals surface area contributed by atoms with E-state index in [-0.39, 0.29) is 10.9 Å². The van der Waals surface area contributed by atoms with Crippen LogP contribution in [0, 0.1) is 7.14 Å². The van der Waals surface area contributed by atoms with Crippen molar-refractivity contribution >= 4 is 88.3 Å².